The van der Waals surface area contributed by atoms with Gasteiger partial charge in [-0.2, -0.15) is 0 Å². The van der Waals surface area contributed by atoms with E-state index in [0.29, 0.717) is 0 Å². The van der Waals surface area contributed by atoms with E-state index in [1.807, 2.05) is 0 Å². The molecule has 0 bridgehead atoms. The average molecular weight is 248 g/mol. The highest BCUT2D eigenvalue weighted by Crippen LogP contribution is 2.25. The second-order valence-electron chi connectivity index (χ2n) is 5.31. The molecule has 1 aromatic rings. The van der Waals surface area contributed by atoms with Gasteiger partial charge in [0.2, 0.25) is 0 Å². The van der Waals surface area contributed by atoms with Crippen molar-refractivity contribution >= 4 is 0 Å². The Morgan fingerprint density at radius 2 is 1.89 bits per heavy atom. The van der Waals surface area contributed by atoms with Gasteiger partial charge in [0.05, 0.1) is 0 Å². The van der Waals surface area contributed by atoms with Crippen molar-refractivity contribution in [2.45, 2.75) is 52.1 Å². The van der Waals surface area contributed by atoms with E-state index >= 15 is 0 Å². The van der Waals surface area contributed by atoms with Crippen LogP contribution in [0.3, 0.4) is 0 Å². The Labute approximate surface area is 112 Å². The molecule has 18 heavy (non-hydrogen) atoms. The van der Waals surface area contributed by atoms with Gasteiger partial charge >= 0.3 is 0 Å². The summed E-state index contributed by atoms with van der Waals surface area (Å²) in [5.41, 5.74) is 8.97. The molecule has 0 heterocycles. The fourth-order valence-corrected chi connectivity index (χ4v) is 2.72. The van der Waals surface area contributed by atoms with Gasteiger partial charge in [-0.3, -0.25) is 4.90 Å². The molecule has 102 valence electrons. The van der Waals surface area contributed by atoms with Gasteiger partial charge in [0.1, 0.15) is 0 Å². The summed E-state index contributed by atoms with van der Waals surface area (Å²) in [7, 11) is 2.21. The second kappa shape index (κ2) is 6.91. The number of nitrogens with two attached hydrogens (primary N) is 1. The molecule has 1 rings (SSSR count). The molecule has 2 heteroatoms. The molecule has 2 nitrogen and oxygen atoms in total. The van der Waals surface area contributed by atoms with Gasteiger partial charge in [0, 0.05) is 18.6 Å². The topological polar surface area (TPSA) is 29.3 Å². The van der Waals surface area contributed by atoms with Crippen LogP contribution in [0.4, 0.5) is 0 Å². The monoisotopic (exact) mass is 248 g/mol. The lowest BCUT2D eigenvalue weighted by Crippen LogP contribution is -2.51. The van der Waals surface area contributed by atoms with Crippen molar-refractivity contribution in [3.05, 3.63) is 35.4 Å². The summed E-state index contributed by atoms with van der Waals surface area (Å²) in [6.07, 6.45) is 3.46. The van der Waals surface area contributed by atoms with Crippen molar-refractivity contribution in [1.82, 2.24) is 4.90 Å². The molecule has 2 N–H and O–H groups in total. The lowest BCUT2D eigenvalue weighted by atomic mass is 9.88. The van der Waals surface area contributed by atoms with Crippen LogP contribution in [0, 0.1) is 6.92 Å². The minimum absolute atomic E-state index is 0.150. The van der Waals surface area contributed by atoms with E-state index in [-0.39, 0.29) is 5.54 Å². The van der Waals surface area contributed by atoms with Crippen molar-refractivity contribution in [2.24, 2.45) is 5.73 Å². The number of rotatable bonds is 7. The maximum atomic E-state index is 6.06. The third-order valence-corrected chi connectivity index (χ3v) is 4.23. The Morgan fingerprint density at radius 3 is 2.39 bits per heavy atom. The number of aryl methyl sites for hydroxylation is 1. The Kier molecular flexibility index (Phi) is 5.83. The van der Waals surface area contributed by atoms with Gasteiger partial charge in [-0.05, 0) is 37.9 Å². The molecule has 0 spiro atoms. The standard InChI is InChI=1S/C16H28N2/c1-5-11-16(6-2,13-17)18(4)12-15-10-8-7-9-14(15)3/h7-10H,5-6,11-13,17H2,1-4H3. The fourth-order valence-electron chi connectivity index (χ4n) is 2.72. The maximum absolute atomic E-state index is 6.06. The predicted molar refractivity (Wildman–Crippen MR) is 79.6 cm³/mol. The van der Waals surface area contributed by atoms with Gasteiger partial charge < -0.3 is 5.73 Å². The van der Waals surface area contributed by atoms with Crippen LogP contribution in [0.15, 0.2) is 24.3 Å². The first kappa shape index (κ1) is 15.2. The molecule has 0 saturated carbocycles. The van der Waals surface area contributed by atoms with E-state index in [2.05, 4.69) is 57.0 Å². The summed E-state index contributed by atoms with van der Waals surface area (Å²) in [6, 6.07) is 8.61. The van der Waals surface area contributed by atoms with Crippen LogP contribution in [0.25, 0.3) is 0 Å². The van der Waals surface area contributed by atoms with Crippen molar-refractivity contribution in [1.29, 1.82) is 0 Å². The first-order valence-electron chi connectivity index (χ1n) is 7.05. The van der Waals surface area contributed by atoms with Gasteiger partial charge in [0.25, 0.3) is 0 Å². The Bertz CT molecular complexity index is 356. The minimum atomic E-state index is 0.150. The molecule has 1 unspecified atom stereocenters. The summed E-state index contributed by atoms with van der Waals surface area (Å²) >= 11 is 0. The zero-order valence-electron chi connectivity index (χ0n) is 12.4. The van der Waals surface area contributed by atoms with Crippen LogP contribution in [0.5, 0.6) is 0 Å². The quantitative estimate of drug-likeness (QED) is 0.802. The molecule has 1 atom stereocenters. The molecular formula is C16H28N2. The zero-order chi connectivity index (χ0) is 13.6. The van der Waals surface area contributed by atoms with Gasteiger partial charge in [0.15, 0.2) is 0 Å². The average Bonchev–Trinajstić information content (AvgIpc) is 2.38. The molecule has 0 amide bonds. The largest absolute Gasteiger partial charge is 0.329 e. The van der Waals surface area contributed by atoms with Crippen LogP contribution in [-0.4, -0.2) is 24.0 Å². The van der Waals surface area contributed by atoms with E-state index < -0.39 is 0 Å². The van der Waals surface area contributed by atoms with Crippen molar-refractivity contribution in [3.63, 3.8) is 0 Å². The van der Waals surface area contributed by atoms with Crippen molar-refractivity contribution in [2.75, 3.05) is 13.6 Å². The molecule has 0 fully saturated rings. The lowest BCUT2D eigenvalue weighted by Gasteiger charge is -2.41. The first-order valence-corrected chi connectivity index (χ1v) is 7.05. The molecule has 0 aromatic heterocycles. The molecule has 0 aliphatic carbocycles. The molecule has 0 aliphatic rings. The summed E-state index contributed by atoms with van der Waals surface area (Å²) < 4.78 is 0. The van der Waals surface area contributed by atoms with Gasteiger partial charge in [-0.25, -0.2) is 0 Å². The molecule has 0 aliphatic heterocycles. The number of hydrogen-bond donors (Lipinski definition) is 1. The second-order valence-corrected chi connectivity index (χ2v) is 5.31. The van der Waals surface area contributed by atoms with Crippen LogP contribution in [0.2, 0.25) is 0 Å². The van der Waals surface area contributed by atoms with Crippen LogP contribution < -0.4 is 5.73 Å². The van der Waals surface area contributed by atoms with E-state index in [1.54, 1.807) is 0 Å². The SMILES string of the molecule is CCCC(CC)(CN)N(C)Cc1ccccc1C. The summed E-state index contributed by atoms with van der Waals surface area (Å²) in [5.74, 6) is 0. The van der Waals surface area contributed by atoms with Crippen LogP contribution >= 0.6 is 0 Å². The third-order valence-electron chi connectivity index (χ3n) is 4.23. The minimum Gasteiger partial charge on any atom is -0.329 e. The Balaban J connectivity index is 2.85. The van der Waals surface area contributed by atoms with Gasteiger partial charge in [-0.15, -0.1) is 0 Å². The smallest absolute Gasteiger partial charge is 0.0329 e. The van der Waals surface area contributed by atoms with Crippen molar-refractivity contribution < 1.29 is 0 Å². The predicted octanol–water partition coefficient (Wildman–Crippen LogP) is 3.33. The molecule has 0 saturated heterocycles. The Morgan fingerprint density at radius 1 is 1.22 bits per heavy atom. The highest BCUT2D eigenvalue weighted by Gasteiger charge is 2.30. The molecule has 1 aromatic carbocycles. The number of hydrogen-bond acceptors (Lipinski definition) is 2. The summed E-state index contributed by atoms with van der Waals surface area (Å²) in [6.45, 7) is 8.38. The van der Waals surface area contributed by atoms with Crippen molar-refractivity contribution in [3.8, 4) is 0 Å². The molecular weight excluding hydrogens is 220 g/mol. The first-order chi connectivity index (χ1) is 8.59. The van der Waals surface area contributed by atoms with E-state index in [0.717, 1.165) is 19.5 Å². The third kappa shape index (κ3) is 3.33. The van der Waals surface area contributed by atoms with E-state index in [9.17, 15) is 0 Å². The Hall–Kier alpha value is -0.860. The highest BCUT2D eigenvalue weighted by atomic mass is 15.2. The number of benzene rings is 1. The van der Waals surface area contributed by atoms with E-state index in [4.69, 9.17) is 5.73 Å². The van der Waals surface area contributed by atoms with Crippen LogP contribution in [0.1, 0.15) is 44.2 Å². The molecule has 0 radical (unpaired) electrons. The summed E-state index contributed by atoms with van der Waals surface area (Å²) in [4.78, 5) is 2.44. The number of nitrogens with zero attached hydrogens (tertiary/aromatic N) is 1. The lowest BCUT2D eigenvalue weighted by molar-refractivity contribution is 0.101. The fraction of sp³-hybridized carbons (Fsp3) is 0.625. The zero-order valence-corrected chi connectivity index (χ0v) is 12.4. The van der Waals surface area contributed by atoms with E-state index in [1.165, 1.54) is 24.0 Å². The maximum Gasteiger partial charge on any atom is 0.0329 e. The number of likely N-dealkylation sites (N-methyl/N-ethyl adjacent to an activating group) is 1. The van der Waals surface area contributed by atoms with Crippen LogP contribution in [-0.2, 0) is 6.54 Å². The highest BCUT2D eigenvalue weighted by molar-refractivity contribution is 5.25. The van der Waals surface area contributed by atoms with Gasteiger partial charge in [-0.1, -0.05) is 44.5 Å². The summed E-state index contributed by atoms with van der Waals surface area (Å²) in [5, 5.41) is 0. The normalized spacial score (nSPS) is 14.8.